The minimum atomic E-state index is -0.123. The molecule has 4 rings (SSSR count). The summed E-state index contributed by atoms with van der Waals surface area (Å²) in [5.74, 6) is 3.40. The van der Waals surface area contributed by atoms with Crippen LogP contribution in [0.25, 0.3) is 0 Å². The van der Waals surface area contributed by atoms with Crippen molar-refractivity contribution in [2.24, 2.45) is 40.4 Å². The number of carbonyl (C=O) groups is 1. The third kappa shape index (κ3) is 2.63. The lowest BCUT2D eigenvalue weighted by Crippen LogP contribution is -2.52. The van der Waals surface area contributed by atoms with Crippen LogP contribution >= 0.6 is 0 Å². The molecule has 0 heterocycles. The van der Waals surface area contributed by atoms with Gasteiger partial charge in [0, 0.05) is 6.92 Å². The average molecular weight is 344 g/mol. The van der Waals surface area contributed by atoms with E-state index < -0.39 is 0 Å². The number of fused-ring (bicyclic) bond motifs is 5. The van der Waals surface area contributed by atoms with E-state index in [1.54, 1.807) is 6.92 Å². The highest BCUT2D eigenvalue weighted by molar-refractivity contribution is 5.66. The van der Waals surface area contributed by atoms with Gasteiger partial charge in [-0.3, -0.25) is 4.79 Å². The Morgan fingerprint density at radius 3 is 2.40 bits per heavy atom. The van der Waals surface area contributed by atoms with E-state index in [0.29, 0.717) is 5.41 Å². The summed E-state index contributed by atoms with van der Waals surface area (Å²) in [6.07, 6.45) is 11.0. The highest BCUT2D eigenvalue weighted by Gasteiger charge is 2.59. The molecule has 4 saturated carbocycles. The van der Waals surface area contributed by atoms with E-state index in [4.69, 9.17) is 4.74 Å². The maximum absolute atomic E-state index is 11.4. The second kappa shape index (κ2) is 6.00. The molecular weight excluding hydrogens is 310 g/mol. The first-order valence-electron chi connectivity index (χ1n) is 10.4. The zero-order valence-corrected chi connectivity index (χ0v) is 16.1. The molecule has 0 aromatic carbocycles. The molecule has 4 aliphatic rings. The topological polar surface area (TPSA) is 50.1 Å². The van der Waals surface area contributed by atoms with Crippen LogP contribution in [0.15, 0.2) is 0 Å². The molecule has 3 nitrogen and oxygen atoms in total. The third-order valence-electron chi connectivity index (χ3n) is 8.94. The van der Waals surface area contributed by atoms with Crippen LogP contribution < -0.4 is 0 Å². The van der Waals surface area contributed by atoms with Gasteiger partial charge < -0.3 is 4.74 Å². The molecule has 0 saturated heterocycles. The molecule has 0 unspecified atom stereocenters. The maximum atomic E-state index is 11.4. The number of hydrogen-bond acceptors (Lipinski definition) is 3. The van der Waals surface area contributed by atoms with Gasteiger partial charge in [-0.25, -0.2) is 0 Å². The van der Waals surface area contributed by atoms with E-state index >= 15 is 0 Å². The predicted octanol–water partition coefficient (Wildman–Crippen LogP) is 5.10. The largest absolute Gasteiger partial charge is 0.463 e. The van der Waals surface area contributed by atoms with Crippen molar-refractivity contribution in [3.8, 4) is 6.07 Å². The van der Waals surface area contributed by atoms with Crippen LogP contribution in [0.4, 0.5) is 0 Å². The van der Waals surface area contributed by atoms with Crippen molar-refractivity contribution >= 4 is 5.97 Å². The summed E-state index contributed by atoms with van der Waals surface area (Å²) in [5, 5.41) is 9.60. The summed E-state index contributed by atoms with van der Waals surface area (Å²) in [4.78, 5) is 11.4. The molecule has 0 radical (unpaired) electrons. The van der Waals surface area contributed by atoms with Gasteiger partial charge in [0.05, 0.1) is 12.0 Å². The van der Waals surface area contributed by atoms with Crippen LogP contribution in [-0.4, -0.2) is 12.1 Å². The van der Waals surface area contributed by atoms with Gasteiger partial charge in [-0.2, -0.15) is 5.26 Å². The van der Waals surface area contributed by atoms with Gasteiger partial charge in [0.15, 0.2) is 0 Å². The first-order chi connectivity index (χ1) is 11.9. The monoisotopic (exact) mass is 343 g/mol. The van der Waals surface area contributed by atoms with E-state index in [1.165, 1.54) is 38.5 Å². The Morgan fingerprint density at radius 1 is 1.00 bits per heavy atom. The quantitative estimate of drug-likeness (QED) is 0.622. The fourth-order valence-corrected chi connectivity index (χ4v) is 7.78. The van der Waals surface area contributed by atoms with E-state index in [9.17, 15) is 10.1 Å². The second-order valence-electron chi connectivity index (χ2n) is 10.0. The van der Waals surface area contributed by atoms with Gasteiger partial charge >= 0.3 is 5.97 Å². The summed E-state index contributed by atoms with van der Waals surface area (Å²) in [5.41, 5.74) is 0.624. The average Bonchev–Trinajstić information content (AvgIpc) is 2.89. The van der Waals surface area contributed by atoms with Gasteiger partial charge in [-0.05, 0) is 92.3 Å². The van der Waals surface area contributed by atoms with Crippen molar-refractivity contribution in [2.75, 3.05) is 0 Å². The van der Waals surface area contributed by atoms with Gasteiger partial charge in [0.1, 0.15) is 6.10 Å². The Morgan fingerprint density at radius 2 is 1.68 bits per heavy atom. The standard InChI is InChI=1S/C22H33NO2/c1-14(24)25-16-5-7-19-17-9-11-22(3)15(13-23)4-6-20(22)18(17)8-10-21(19,2)12-16/h15-20H,4-12H2,1-3H3/t15-,16-,17+,18-,19-,20+,21+,22-/m1/s1. The molecule has 8 atom stereocenters. The molecule has 4 fully saturated rings. The SMILES string of the molecule is CC(=O)O[C@@H]1CC[C@@H]2[C@H]3CC[C@]4(C)[C@@H](C#N)CC[C@H]4[C@@H]3CC[C@@]2(C)C1. The maximum Gasteiger partial charge on any atom is 0.302 e. The van der Waals surface area contributed by atoms with Crippen molar-refractivity contribution in [2.45, 2.75) is 84.7 Å². The smallest absolute Gasteiger partial charge is 0.302 e. The lowest BCUT2D eigenvalue weighted by molar-refractivity contribution is -0.158. The van der Waals surface area contributed by atoms with E-state index in [0.717, 1.165) is 42.9 Å². The molecule has 138 valence electrons. The molecule has 0 amide bonds. The highest BCUT2D eigenvalue weighted by atomic mass is 16.5. The summed E-state index contributed by atoms with van der Waals surface area (Å²) in [6, 6.07) is 2.64. The Balaban J connectivity index is 1.53. The molecule has 0 N–H and O–H groups in total. The number of esters is 1. The van der Waals surface area contributed by atoms with Gasteiger partial charge in [0.2, 0.25) is 0 Å². The van der Waals surface area contributed by atoms with E-state index in [2.05, 4.69) is 19.9 Å². The number of carbonyl (C=O) groups excluding carboxylic acids is 1. The number of rotatable bonds is 1. The number of nitrogens with zero attached hydrogens (tertiary/aromatic N) is 1. The predicted molar refractivity (Wildman–Crippen MR) is 96.4 cm³/mol. The highest BCUT2D eigenvalue weighted by Crippen LogP contribution is 2.66. The van der Waals surface area contributed by atoms with Gasteiger partial charge in [0.25, 0.3) is 0 Å². The van der Waals surface area contributed by atoms with E-state index in [-0.39, 0.29) is 23.4 Å². The fraction of sp³-hybridized carbons (Fsp3) is 0.909. The Hall–Kier alpha value is -1.04. The van der Waals surface area contributed by atoms with Crippen molar-refractivity contribution in [1.29, 1.82) is 5.26 Å². The van der Waals surface area contributed by atoms with Gasteiger partial charge in [-0.15, -0.1) is 0 Å². The molecule has 3 heteroatoms. The van der Waals surface area contributed by atoms with Crippen LogP contribution in [0.2, 0.25) is 0 Å². The normalized spacial score (nSPS) is 51.6. The summed E-state index contributed by atoms with van der Waals surface area (Å²) in [7, 11) is 0. The molecule has 25 heavy (non-hydrogen) atoms. The van der Waals surface area contributed by atoms with Crippen LogP contribution in [0.3, 0.4) is 0 Å². The summed E-state index contributed by atoms with van der Waals surface area (Å²) < 4.78 is 5.58. The lowest BCUT2D eigenvalue weighted by Gasteiger charge is -2.59. The lowest BCUT2D eigenvalue weighted by atomic mass is 9.46. The molecule has 0 spiro atoms. The second-order valence-corrected chi connectivity index (χ2v) is 10.0. The van der Waals surface area contributed by atoms with Crippen LogP contribution in [0.1, 0.15) is 78.6 Å². The number of hydrogen-bond donors (Lipinski definition) is 0. The van der Waals surface area contributed by atoms with Crippen LogP contribution in [0, 0.1) is 51.8 Å². The molecular formula is C22H33NO2. The first kappa shape index (κ1) is 17.4. The number of ether oxygens (including phenoxy) is 1. The first-order valence-corrected chi connectivity index (χ1v) is 10.4. The Bertz CT molecular complexity index is 595. The molecule has 0 aromatic heterocycles. The van der Waals surface area contributed by atoms with Crippen LogP contribution in [0.5, 0.6) is 0 Å². The molecule has 0 aromatic rings. The van der Waals surface area contributed by atoms with Crippen molar-refractivity contribution in [1.82, 2.24) is 0 Å². The zero-order valence-electron chi connectivity index (χ0n) is 16.1. The van der Waals surface area contributed by atoms with Crippen molar-refractivity contribution in [3.63, 3.8) is 0 Å². The Kier molecular flexibility index (Phi) is 4.17. The van der Waals surface area contributed by atoms with Crippen LogP contribution in [-0.2, 0) is 9.53 Å². The molecule has 0 aliphatic heterocycles. The molecule has 0 bridgehead atoms. The Labute approximate surface area is 152 Å². The van der Waals surface area contributed by atoms with E-state index in [1.807, 2.05) is 0 Å². The van der Waals surface area contributed by atoms with Crippen molar-refractivity contribution in [3.05, 3.63) is 0 Å². The minimum absolute atomic E-state index is 0.123. The zero-order chi connectivity index (χ0) is 17.8. The van der Waals surface area contributed by atoms with Gasteiger partial charge in [-0.1, -0.05) is 13.8 Å². The summed E-state index contributed by atoms with van der Waals surface area (Å²) in [6.45, 7) is 6.42. The summed E-state index contributed by atoms with van der Waals surface area (Å²) >= 11 is 0. The van der Waals surface area contributed by atoms with Crippen molar-refractivity contribution < 1.29 is 9.53 Å². The third-order valence-corrected chi connectivity index (χ3v) is 8.94. The fourth-order valence-electron chi connectivity index (χ4n) is 7.78. The molecule has 4 aliphatic carbocycles. The minimum Gasteiger partial charge on any atom is -0.463 e. The number of nitriles is 1.